The number of ether oxygens (including phenoxy) is 1. The minimum absolute atomic E-state index is 0.111. The molecule has 9 nitrogen and oxygen atoms in total. The van der Waals surface area contributed by atoms with Crippen LogP contribution in [0.15, 0.2) is 75.6 Å². The molecular formula is C24H20IN5O4. The molecule has 0 aliphatic carbocycles. The van der Waals surface area contributed by atoms with Crippen LogP contribution in [0.25, 0.3) is 27.7 Å². The SMILES string of the molecule is C=C(NC(=O)C(=C)n1cnc2c(-c3ccc(NC(C)=O)cc3)cccc2c1=O)C1=NI=C(C)O1. The number of carbonyl (C=O) groups is 2. The summed E-state index contributed by atoms with van der Waals surface area (Å²) in [4.78, 5) is 41.5. The van der Waals surface area contributed by atoms with Gasteiger partial charge in [-0.15, -0.1) is 0 Å². The molecule has 1 aliphatic heterocycles. The predicted molar refractivity (Wildman–Crippen MR) is 142 cm³/mol. The summed E-state index contributed by atoms with van der Waals surface area (Å²) in [5.74, 6) is -0.511. The van der Waals surface area contributed by atoms with Crippen molar-refractivity contribution in [2.75, 3.05) is 5.32 Å². The molecule has 10 heteroatoms. The topological polar surface area (TPSA) is 115 Å². The van der Waals surface area contributed by atoms with Crippen LogP contribution in [0.5, 0.6) is 0 Å². The van der Waals surface area contributed by atoms with Crippen LogP contribution in [-0.4, -0.2) is 31.0 Å². The third-order valence-electron chi connectivity index (χ3n) is 4.85. The van der Waals surface area contributed by atoms with Crippen molar-refractivity contribution >= 4 is 64.7 Å². The average molecular weight is 569 g/mol. The van der Waals surface area contributed by atoms with E-state index in [0.717, 1.165) is 19.4 Å². The highest BCUT2D eigenvalue weighted by Gasteiger charge is 2.19. The van der Waals surface area contributed by atoms with Crippen molar-refractivity contribution in [3.63, 3.8) is 0 Å². The number of fused-ring (bicyclic) bond motifs is 1. The van der Waals surface area contributed by atoms with Gasteiger partial charge in [0, 0.05) is 25.1 Å². The Bertz CT molecular complexity index is 1490. The Morgan fingerprint density at radius 2 is 1.85 bits per heavy atom. The Morgan fingerprint density at radius 1 is 1.12 bits per heavy atom. The van der Waals surface area contributed by atoms with Crippen LogP contribution < -0.4 is 16.2 Å². The smallest absolute Gasteiger partial charge is 0.272 e. The fraction of sp³-hybridized carbons (Fsp3) is 0.0833. The number of halogens is 1. The van der Waals surface area contributed by atoms with Gasteiger partial charge in [0.25, 0.3) is 11.5 Å². The summed E-state index contributed by atoms with van der Waals surface area (Å²) in [5, 5.41) is 5.62. The molecule has 2 amide bonds. The lowest BCUT2D eigenvalue weighted by molar-refractivity contribution is -0.115. The Morgan fingerprint density at radius 3 is 2.50 bits per heavy atom. The number of benzene rings is 2. The molecule has 1 aliphatic rings. The Labute approximate surface area is 205 Å². The molecule has 1 aromatic heterocycles. The number of hydrogen-bond acceptors (Lipinski definition) is 6. The van der Waals surface area contributed by atoms with Gasteiger partial charge in [-0.3, -0.25) is 19.0 Å². The summed E-state index contributed by atoms with van der Waals surface area (Å²) in [6.07, 6.45) is 1.28. The first-order valence-corrected chi connectivity index (χ1v) is 12.1. The Balaban J connectivity index is 1.61. The first kappa shape index (κ1) is 23.2. The normalized spacial score (nSPS) is 12.6. The molecule has 172 valence electrons. The molecule has 0 fully saturated rings. The van der Waals surface area contributed by atoms with E-state index in [1.807, 2.05) is 25.1 Å². The molecule has 0 spiro atoms. The quantitative estimate of drug-likeness (QED) is 0.348. The molecule has 2 aromatic carbocycles. The van der Waals surface area contributed by atoms with E-state index in [1.54, 1.807) is 24.3 Å². The predicted octanol–water partition coefficient (Wildman–Crippen LogP) is 3.59. The minimum Gasteiger partial charge on any atom is -0.434 e. The van der Waals surface area contributed by atoms with Gasteiger partial charge in [0.05, 0.1) is 37.6 Å². The average Bonchev–Trinajstić information content (AvgIpc) is 3.25. The van der Waals surface area contributed by atoms with Crippen LogP contribution >= 0.6 is 21.0 Å². The fourth-order valence-electron chi connectivity index (χ4n) is 3.26. The molecular weight excluding hydrogens is 549 g/mol. The van der Waals surface area contributed by atoms with Gasteiger partial charge in [0.15, 0.2) is 3.69 Å². The van der Waals surface area contributed by atoms with Crippen molar-refractivity contribution in [2.24, 2.45) is 3.21 Å². The van der Waals surface area contributed by atoms with E-state index in [9.17, 15) is 14.4 Å². The lowest BCUT2D eigenvalue weighted by Crippen LogP contribution is -2.32. The molecule has 0 saturated heterocycles. The van der Waals surface area contributed by atoms with Gasteiger partial charge in [0.1, 0.15) is 12.0 Å². The van der Waals surface area contributed by atoms with Crippen LogP contribution in [-0.2, 0) is 14.3 Å². The van der Waals surface area contributed by atoms with Gasteiger partial charge in [-0.05, 0) is 23.8 Å². The third-order valence-corrected chi connectivity index (χ3v) is 6.43. The molecule has 34 heavy (non-hydrogen) atoms. The highest BCUT2D eigenvalue weighted by Crippen LogP contribution is 2.27. The number of rotatable bonds is 6. The number of nitrogens with zero attached hydrogens (tertiary/aromatic N) is 3. The zero-order valence-corrected chi connectivity index (χ0v) is 20.5. The minimum atomic E-state index is -0.619. The van der Waals surface area contributed by atoms with Crippen LogP contribution in [0.2, 0.25) is 0 Å². The number of para-hydroxylation sites is 1. The second-order valence-electron chi connectivity index (χ2n) is 7.31. The van der Waals surface area contributed by atoms with E-state index < -0.39 is 32.5 Å². The van der Waals surface area contributed by atoms with Crippen LogP contribution in [0, 0.1) is 0 Å². The summed E-state index contributed by atoms with van der Waals surface area (Å²) < 4.78 is 11.6. The second-order valence-corrected chi connectivity index (χ2v) is 9.79. The highest BCUT2D eigenvalue weighted by atomic mass is 127. The van der Waals surface area contributed by atoms with Crippen molar-refractivity contribution in [3.8, 4) is 11.1 Å². The summed E-state index contributed by atoms with van der Waals surface area (Å²) in [6.45, 7) is 10.8. The van der Waals surface area contributed by atoms with Crippen molar-refractivity contribution in [1.29, 1.82) is 0 Å². The second kappa shape index (κ2) is 9.51. The van der Waals surface area contributed by atoms with E-state index in [-0.39, 0.29) is 23.2 Å². The zero-order chi connectivity index (χ0) is 24.4. The summed E-state index contributed by atoms with van der Waals surface area (Å²) in [5.41, 5.74) is 2.37. The standard InChI is InChI=1S/C24H20IN5O4/c1-13(23-29-25-15(3)34-23)27-22(32)14(2)30-12-26-21-19(6-5-7-20(21)24(30)33)17-8-10-18(11-9-17)28-16(4)31/h5-12H,1-2H2,3-4H3,(H,27,32)(H,28,31). The molecule has 2 heterocycles. The maximum Gasteiger partial charge on any atom is 0.272 e. The maximum atomic E-state index is 13.2. The summed E-state index contributed by atoms with van der Waals surface area (Å²) in [6, 6.07) is 12.5. The largest absolute Gasteiger partial charge is 0.434 e. The number of amides is 2. The Kier molecular flexibility index (Phi) is 6.50. The zero-order valence-electron chi connectivity index (χ0n) is 18.4. The van der Waals surface area contributed by atoms with E-state index in [4.69, 9.17) is 4.74 Å². The van der Waals surface area contributed by atoms with Crippen LogP contribution in [0.3, 0.4) is 0 Å². The van der Waals surface area contributed by atoms with Gasteiger partial charge in [0.2, 0.25) is 11.8 Å². The van der Waals surface area contributed by atoms with E-state index in [1.165, 1.54) is 13.3 Å². The molecule has 3 aromatic rings. The van der Waals surface area contributed by atoms with Crippen molar-refractivity contribution in [1.82, 2.24) is 14.9 Å². The summed E-state index contributed by atoms with van der Waals surface area (Å²) >= 11 is -0.571. The van der Waals surface area contributed by atoms with Crippen molar-refractivity contribution in [3.05, 3.63) is 78.0 Å². The number of carbonyl (C=O) groups excluding carboxylic acids is 2. The van der Waals surface area contributed by atoms with Gasteiger partial charge in [-0.1, -0.05) is 37.4 Å². The highest BCUT2D eigenvalue weighted by molar-refractivity contribution is 14.2. The molecule has 0 unspecified atom stereocenters. The van der Waals surface area contributed by atoms with Crippen LogP contribution in [0.4, 0.5) is 5.69 Å². The first-order valence-electron chi connectivity index (χ1n) is 10.1. The van der Waals surface area contributed by atoms with Crippen molar-refractivity contribution in [2.45, 2.75) is 13.8 Å². The molecule has 4 rings (SSSR count). The number of anilines is 1. The number of hydrogen-bond donors (Lipinski definition) is 2. The molecule has 0 radical (unpaired) electrons. The first-order chi connectivity index (χ1) is 16.2. The third kappa shape index (κ3) is 4.71. The molecule has 2 N–H and O–H groups in total. The Hall–Kier alpha value is -3.93. The van der Waals surface area contributed by atoms with E-state index in [2.05, 4.69) is 32.0 Å². The monoisotopic (exact) mass is 569 g/mol. The van der Waals surface area contributed by atoms with Gasteiger partial charge in [-0.2, -0.15) is 3.21 Å². The molecule has 0 saturated carbocycles. The van der Waals surface area contributed by atoms with E-state index in [0.29, 0.717) is 16.6 Å². The maximum absolute atomic E-state index is 13.2. The lowest BCUT2D eigenvalue weighted by Gasteiger charge is -2.13. The van der Waals surface area contributed by atoms with Gasteiger partial charge in [-0.25, -0.2) is 4.98 Å². The number of aromatic nitrogens is 2. The van der Waals surface area contributed by atoms with Gasteiger partial charge >= 0.3 is 0 Å². The fourth-order valence-corrected chi connectivity index (χ4v) is 4.52. The molecule has 0 bridgehead atoms. The summed E-state index contributed by atoms with van der Waals surface area (Å²) in [7, 11) is 0. The molecule has 0 atom stereocenters. The van der Waals surface area contributed by atoms with Crippen LogP contribution in [0.1, 0.15) is 13.8 Å². The lowest BCUT2D eigenvalue weighted by atomic mass is 10.0. The van der Waals surface area contributed by atoms with Crippen molar-refractivity contribution < 1.29 is 14.3 Å². The van der Waals surface area contributed by atoms with Gasteiger partial charge < -0.3 is 15.4 Å². The number of nitrogens with one attached hydrogen (secondary N) is 2. The van der Waals surface area contributed by atoms with E-state index >= 15 is 0 Å².